The van der Waals surface area contributed by atoms with E-state index in [0.29, 0.717) is 37.1 Å². The Hall–Kier alpha value is -2.95. The van der Waals surface area contributed by atoms with Gasteiger partial charge in [-0.3, -0.25) is 0 Å². The number of hydrogen-bond donors (Lipinski definition) is 0. The zero-order valence-corrected chi connectivity index (χ0v) is 21.3. The highest BCUT2D eigenvalue weighted by atomic mass is 32.2. The minimum atomic E-state index is -3.50. The van der Waals surface area contributed by atoms with E-state index >= 15 is 0 Å². The molecule has 11 heteroatoms. The standard InChI is InChI=1S/C25H30FN3O6S/c1-14(2)33-25(30)29-16-4-5-17(29)11-18(10-16)34-23-15(3)24(28-13-27-23)35-22-9-8-20(12-21(22)26)36(31,32)19-6-7-19/h8-9,12-14,16-19H,4-7,10-11H2,1-3H3/t16-,17?,18+/m0/s1. The maximum absolute atomic E-state index is 14.7. The summed E-state index contributed by atoms with van der Waals surface area (Å²) < 4.78 is 56.8. The van der Waals surface area contributed by atoms with Gasteiger partial charge in [-0.25, -0.2) is 27.6 Å². The van der Waals surface area contributed by atoms with Gasteiger partial charge in [-0.05, 0) is 64.7 Å². The van der Waals surface area contributed by atoms with Crippen LogP contribution in [0.15, 0.2) is 29.4 Å². The number of aromatic nitrogens is 2. The smallest absolute Gasteiger partial charge is 0.410 e. The topological polar surface area (TPSA) is 108 Å². The summed E-state index contributed by atoms with van der Waals surface area (Å²) in [6, 6.07) is 3.75. The number of benzene rings is 1. The minimum absolute atomic E-state index is 0.0449. The van der Waals surface area contributed by atoms with Crippen molar-refractivity contribution < 1.29 is 31.8 Å². The molecule has 194 valence electrons. The van der Waals surface area contributed by atoms with Gasteiger partial charge < -0.3 is 19.1 Å². The van der Waals surface area contributed by atoms with Crippen LogP contribution in [0.25, 0.3) is 0 Å². The third-order valence-corrected chi connectivity index (χ3v) is 9.17. The van der Waals surface area contributed by atoms with Crippen LogP contribution >= 0.6 is 0 Å². The lowest BCUT2D eigenvalue weighted by Gasteiger charge is -2.38. The molecule has 2 aliphatic heterocycles. The van der Waals surface area contributed by atoms with Gasteiger partial charge in [-0.1, -0.05) is 0 Å². The van der Waals surface area contributed by atoms with Gasteiger partial charge in [0.05, 0.1) is 21.8 Å². The van der Waals surface area contributed by atoms with Crippen molar-refractivity contribution in [2.75, 3.05) is 0 Å². The summed E-state index contributed by atoms with van der Waals surface area (Å²) in [6.45, 7) is 5.39. The van der Waals surface area contributed by atoms with Gasteiger partial charge in [0.2, 0.25) is 11.8 Å². The largest absolute Gasteiger partial charge is 0.474 e. The van der Waals surface area contributed by atoms with Crippen LogP contribution in [0, 0.1) is 12.7 Å². The van der Waals surface area contributed by atoms with E-state index in [2.05, 4.69) is 9.97 Å². The van der Waals surface area contributed by atoms with Gasteiger partial charge in [-0.2, -0.15) is 0 Å². The number of rotatable bonds is 7. The molecule has 2 aromatic rings. The van der Waals surface area contributed by atoms with Crippen molar-refractivity contribution >= 4 is 15.9 Å². The fourth-order valence-electron chi connectivity index (χ4n) is 5.00. The van der Waals surface area contributed by atoms with E-state index < -0.39 is 20.9 Å². The second-order valence-corrected chi connectivity index (χ2v) is 12.2. The Kier molecular flexibility index (Phi) is 6.52. The number of fused-ring (bicyclic) bond motifs is 2. The van der Waals surface area contributed by atoms with Crippen molar-refractivity contribution in [1.29, 1.82) is 0 Å². The highest BCUT2D eigenvalue weighted by Gasteiger charge is 2.45. The van der Waals surface area contributed by atoms with Gasteiger partial charge in [0.15, 0.2) is 21.4 Å². The Morgan fingerprint density at radius 1 is 1.08 bits per heavy atom. The van der Waals surface area contributed by atoms with E-state index in [1.807, 2.05) is 18.7 Å². The van der Waals surface area contributed by atoms with Gasteiger partial charge in [-0.15, -0.1) is 0 Å². The lowest BCUT2D eigenvalue weighted by atomic mass is 10.0. The van der Waals surface area contributed by atoms with Crippen LogP contribution < -0.4 is 9.47 Å². The summed E-state index contributed by atoms with van der Waals surface area (Å²) in [5.41, 5.74) is 0.501. The summed E-state index contributed by atoms with van der Waals surface area (Å²) in [5, 5.41) is -0.421. The van der Waals surface area contributed by atoms with E-state index in [4.69, 9.17) is 14.2 Å². The molecule has 1 aromatic carbocycles. The van der Waals surface area contributed by atoms with E-state index in [1.165, 1.54) is 18.5 Å². The molecule has 36 heavy (non-hydrogen) atoms. The number of carbonyl (C=O) groups is 1. The Labute approximate surface area is 209 Å². The van der Waals surface area contributed by atoms with Crippen molar-refractivity contribution in [2.24, 2.45) is 0 Å². The van der Waals surface area contributed by atoms with Crippen LogP contribution in [0.4, 0.5) is 9.18 Å². The van der Waals surface area contributed by atoms with Crippen LogP contribution in [0.1, 0.15) is 57.9 Å². The zero-order valence-electron chi connectivity index (χ0n) is 20.5. The Morgan fingerprint density at radius 3 is 2.36 bits per heavy atom. The maximum atomic E-state index is 14.7. The molecule has 3 atom stereocenters. The highest BCUT2D eigenvalue weighted by Crippen LogP contribution is 2.39. The van der Waals surface area contributed by atoms with Gasteiger partial charge in [0.1, 0.15) is 12.4 Å². The summed E-state index contributed by atoms with van der Waals surface area (Å²) in [7, 11) is -3.50. The van der Waals surface area contributed by atoms with Crippen LogP contribution in [0.2, 0.25) is 0 Å². The maximum Gasteiger partial charge on any atom is 0.410 e. The van der Waals surface area contributed by atoms with Crippen molar-refractivity contribution in [3.8, 4) is 17.5 Å². The third-order valence-electron chi connectivity index (χ3n) is 6.91. The zero-order chi connectivity index (χ0) is 25.6. The first-order valence-electron chi connectivity index (χ1n) is 12.3. The second-order valence-electron chi connectivity index (χ2n) is 9.98. The average Bonchev–Trinajstić information content (AvgIpc) is 3.63. The number of amides is 1. The summed E-state index contributed by atoms with van der Waals surface area (Å²) in [4.78, 5) is 22.7. The molecule has 0 radical (unpaired) electrons. The number of halogens is 1. The summed E-state index contributed by atoms with van der Waals surface area (Å²) in [5.74, 6) is -0.462. The molecule has 3 heterocycles. The number of carbonyl (C=O) groups excluding carboxylic acids is 1. The molecule has 1 aliphatic carbocycles. The fraction of sp³-hybridized carbons (Fsp3) is 0.560. The molecule has 1 aromatic heterocycles. The molecule has 9 nitrogen and oxygen atoms in total. The quantitative estimate of drug-likeness (QED) is 0.523. The molecule has 2 saturated heterocycles. The van der Waals surface area contributed by atoms with Crippen molar-refractivity contribution in [2.45, 2.75) is 93.7 Å². The molecule has 1 amide bonds. The van der Waals surface area contributed by atoms with Crippen LogP contribution in [0.3, 0.4) is 0 Å². The molecule has 2 bridgehead atoms. The lowest BCUT2D eigenvalue weighted by Crippen LogP contribution is -2.50. The Balaban J connectivity index is 1.27. The highest BCUT2D eigenvalue weighted by molar-refractivity contribution is 7.92. The first-order chi connectivity index (χ1) is 17.1. The number of hydrogen-bond acceptors (Lipinski definition) is 8. The molecule has 0 N–H and O–H groups in total. The molecule has 5 rings (SSSR count). The predicted molar refractivity (Wildman–Crippen MR) is 127 cm³/mol. The number of ether oxygens (including phenoxy) is 3. The first kappa shape index (κ1) is 24.7. The SMILES string of the molecule is Cc1c(Oc2ccc(S(=O)(=O)C3CC3)cc2F)ncnc1O[C@H]1CC2CC[C@@H](C1)N2C(=O)OC(C)C. The van der Waals surface area contributed by atoms with Gasteiger partial charge in [0, 0.05) is 24.9 Å². The van der Waals surface area contributed by atoms with Crippen molar-refractivity contribution in [3.05, 3.63) is 35.9 Å². The molecule has 3 fully saturated rings. The van der Waals surface area contributed by atoms with Gasteiger partial charge in [0.25, 0.3) is 0 Å². The molecular formula is C25H30FN3O6S. The summed E-state index contributed by atoms with van der Waals surface area (Å²) >= 11 is 0. The van der Waals surface area contributed by atoms with E-state index in [0.717, 1.165) is 18.9 Å². The normalized spacial score (nSPS) is 23.6. The van der Waals surface area contributed by atoms with Gasteiger partial charge >= 0.3 is 6.09 Å². The Bertz CT molecular complexity index is 1250. The molecular weight excluding hydrogens is 489 g/mol. The van der Waals surface area contributed by atoms with Crippen LogP contribution in [-0.2, 0) is 14.6 Å². The first-order valence-corrected chi connectivity index (χ1v) is 13.9. The second kappa shape index (κ2) is 9.49. The van der Waals surface area contributed by atoms with E-state index in [1.54, 1.807) is 6.92 Å². The van der Waals surface area contributed by atoms with E-state index in [-0.39, 0.29) is 46.9 Å². The number of nitrogens with zero attached hydrogens (tertiary/aromatic N) is 3. The van der Waals surface area contributed by atoms with E-state index in [9.17, 15) is 17.6 Å². The predicted octanol–water partition coefficient (Wildman–Crippen LogP) is 4.57. The molecule has 1 saturated carbocycles. The summed E-state index contributed by atoms with van der Waals surface area (Å²) in [6.07, 6.45) is 5.03. The Morgan fingerprint density at radius 2 is 1.75 bits per heavy atom. The third kappa shape index (κ3) is 4.85. The average molecular weight is 520 g/mol. The number of sulfone groups is 1. The van der Waals surface area contributed by atoms with Crippen LogP contribution in [-0.4, -0.2) is 58.9 Å². The minimum Gasteiger partial charge on any atom is -0.474 e. The lowest BCUT2D eigenvalue weighted by molar-refractivity contribution is 0.0206. The van der Waals surface area contributed by atoms with Crippen LogP contribution in [0.5, 0.6) is 17.5 Å². The molecule has 0 spiro atoms. The fourth-order valence-corrected chi connectivity index (χ4v) is 6.67. The van der Waals surface area contributed by atoms with Crippen molar-refractivity contribution in [1.82, 2.24) is 14.9 Å². The molecule has 1 unspecified atom stereocenters. The molecule has 3 aliphatic rings. The monoisotopic (exact) mass is 519 g/mol. The number of piperidine rings is 1. The van der Waals surface area contributed by atoms with Crippen molar-refractivity contribution in [3.63, 3.8) is 0 Å².